The Morgan fingerprint density at radius 1 is 0.979 bits per heavy atom. The predicted molar refractivity (Wildman–Crippen MR) is 178 cm³/mol. The van der Waals surface area contributed by atoms with E-state index in [1.807, 2.05) is 24.3 Å². The highest BCUT2D eigenvalue weighted by Gasteiger charge is 2.72. The molecule has 7 rings (SSSR count). The van der Waals surface area contributed by atoms with E-state index in [1.165, 1.54) is 27.8 Å². The van der Waals surface area contributed by atoms with E-state index in [-0.39, 0.29) is 59.3 Å². The lowest BCUT2D eigenvalue weighted by Gasteiger charge is -2.43. The van der Waals surface area contributed by atoms with Crippen molar-refractivity contribution in [3.63, 3.8) is 0 Å². The molecule has 1 amide bonds. The summed E-state index contributed by atoms with van der Waals surface area (Å²) < 4.78 is 30.4. The second-order valence-electron chi connectivity index (χ2n) is 14.8. The summed E-state index contributed by atoms with van der Waals surface area (Å²) in [5.74, 6) is 0.0960. The van der Waals surface area contributed by atoms with Gasteiger partial charge in [-0.15, -0.1) is 0 Å². The molecule has 2 saturated carbocycles. The molecule has 3 aliphatic carbocycles. The number of fused-ring (bicyclic) bond motifs is 3. The summed E-state index contributed by atoms with van der Waals surface area (Å²) in [4.78, 5) is 26.2. The van der Waals surface area contributed by atoms with Crippen molar-refractivity contribution in [1.29, 1.82) is 0 Å². The van der Waals surface area contributed by atoms with Crippen molar-refractivity contribution in [3.05, 3.63) is 71.3 Å². The van der Waals surface area contributed by atoms with E-state index in [1.54, 1.807) is 7.11 Å². The van der Waals surface area contributed by atoms with Gasteiger partial charge < -0.3 is 29.0 Å². The zero-order valence-electron chi connectivity index (χ0n) is 28.2. The molecule has 8 nitrogen and oxygen atoms in total. The first-order valence-corrected chi connectivity index (χ1v) is 17.5. The zero-order valence-corrected chi connectivity index (χ0v) is 28.2. The van der Waals surface area contributed by atoms with Gasteiger partial charge in [-0.25, -0.2) is 4.79 Å². The third-order valence-electron chi connectivity index (χ3n) is 11.6. The van der Waals surface area contributed by atoms with Crippen molar-refractivity contribution in [2.24, 2.45) is 17.8 Å². The lowest BCUT2D eigenvalue weighted by Crippen LogP contribution is -2.56. The molecule has 47 heavy (non-hydrogen) atoms. The normalized spacial score (nSPS) is 33.8. The van der Waals surface area contributed by atoms with Crippen molar-refractivity contribution in [2.45, 2.75) is 101 Å². The number of ether oxygens (including phenoxy) is 5. The number of allylic oxidation sites excluding steroid dienone is 1. The number of carbonyl (C=O) groups excluding carboxylic acids is 2. The SMILES string of the molecule is CO[C@@H]1[C@H](OC(=O)C2CCC(CNC(=O)OCC3c4ccccc4-c4ccccc43)CC2)CC[C@]2(CO2)[C@H]1[C@]1(C)O[C@@H]1CC=C(C)C. The van der Waals surface area contributed by atoms with Crippen molar-refractivity contribution in [2.75, 3.05) is 26.9 Å². The molecular weight excluding hydrogens is 594 g/mol. The third kappa shape index (κ3) is 6.36. The van der Waals surface area contributed by atoms with E-state index in [0.717, 1.165) is 44.9 Å². The number of alkyl carbamates (subject to hydrolysis) is 1. The van der Waals surface area contributed by atoms with Gasteiger partial charge in [-0.2, -0.15) is 0 Å². The molecule has 0 unspecified atom stereocenters. The quantitative estimate of drug-likeness (QED) is 0.170. The number of hydrogen-bond donors (Lipinski definition) is 1. The van der Waals surface area contributed by atoms with E-state index in [9.17, 15) is 9.59 Å². The van der Waals surface area contributed by atoms with Gasteiger partial charge >= 0.3 is 12.1 Å². The molecule has 0 bridgehead atoms. The van der Waals surface area contributed by atoms with E-state index >= 15 is 0 Å². The fourth-order valence-electron chi connectivity index (χ4n) is 8.80. The monoisotopic (exact) mass is 643 g/mol. The van der Waals surface area contributed by atoms with Crippen molar-refractivity contribution in [3.8, 4) is 11.1 Å². The number of esters is 1. The van der Waals surface area contributed by atoms with Crippen LogP contribution in [0.1, 0.15) is 82.8 Å². The topological polar surface area (TPSA) is 98.9 Å². The Kier molecular flexibility index (Phi) is 8.96. The van der Waals surface area contributed by atoms with Gasteiger partial charge in [-0.05, 0) is 93.9 Å². The average molecular weight is 644 g/mol. The molecule has 2 aromatic rings. The molecule has 252 valence electrons. The molecule has 0 aromatic heterocycles. The Hall–Kier alpha value is -3.20. The lowest BCUT2D eigenvalue weighted by atomic mass is 9.68. The standard InChI is InChI=1S/C39H49NO7/c1-24(2)13-18-33-38(3,47-33)35-34(43-4)32(19-20-39(35)23-45-39)46-36(41)26-16-14-25(15-17-26)21-40-37(42)44-22-31-29-11-7-5-9-27(29)28-10-6-8-12-30(28)31/h5-13,25-26,31-35H,14-23H2,1-4H3,(H,40,42)/t25?,26?,32-,33-,34-,35-,38-,39+/m1/s1. The van der Waals surface area contributed by atoms with Crippen LogP contribution in [0, 0.1) is 17.8 Å². The maximum absolute atomic E-state index is 13.4. The smallest absolute Gasteiger partial charge is 0.407 e. The van der Waals surface area contributed by atoms with Crippen LogP contribution in [0.3, 0.4) is 0 Å². The van der Waals surface area contributed by atoms with Gasteiger partial charge in [-0.3, -0.25) is 4.79 Å². The molecule has 8 heteroatoms. The van der Waals surface area contributed by atoms with Gasteiger partial charge in [0.15, 0.2) is 0 Å². The first-order chi connectivity index (χ1) is 22.7. The number of benzene rings is 2. The molecule has 0 radical (unpaired) electrons. The molecule has 1 spiro atoms. The summed E-state index contributed by atoms with van der Waals surface area (Å²) in [6.45, 7) is 7.93. The summed E-state index contributed by atoms with van der Waals surface area (Å²) in [5, 5.41) is 2.98. The molecule has 4 fully saturated rings. The molecule has 6 atom stereocenters. The Bertz CT molecular complexity index is 1460. The molecule has 2 heterocycles. The maximum Gasteiger partial charge on any atom is 0.407 e. The van der Waals surface area contributed by atoms with Gasteiger partial charge in [0.25, 0.3) is 0 Å². The second kappa shape index (κ2) is 13.0. The number of amides is 1. The molecular formula is C39H49NO7. The Morgan fingerprint density at radius 2 is 1.64 bits per heavy atom. The number of nitrogens with one attached hydrogen (secondary N) is 1. The van der Waals surface area contributed by atoms with Crippen LogP contribution in [0.25, 0.3) is 11.1 Å². The van der Waals surface area contributed by atoms with E-state index < -0.39 is 0 Å². The first-order valence-electron chi connectivity index (χ1n) is 17.5. The summed E-state index contributed by atoms with van der Waals surface area (Å²) in [5.41, 5.74) is 5.51. The van der Waals surface area contributed by atoms with Crippen molar-refractivity contribution in [1.82, 2.24) is 5.32 Å². The molecule has 2 aliphatic heterocycles. The molecule has 5 aliphatic rings. The summed E-state index contributed by atoms with van der Waals surface area (Å²) in [6, 6.07) is 16.7. The lowest BCUT2D eigenvalue weighted by molar-refractivity contribution is -0.177. The van der Waals surface area contributed by atoms with Gasteiger partial charge in [0.05, 0.1) is 24.5 Å². The van der Waals surface area contributed by atoms with E-state index in [0.29, 0.717) is 25.7 Å². The summed E-state index contributed by atoms with van der Waals surface area (Å²) in [7, 11) is 1.71. The number of rotatable bonds is 10. The molecule has 2 saturated heterocycles. The number of hydrogen-bond acceptors (Lipinski definition) is 7. The van der Waals surface area contributed by atoms with Crippen LogP contribution in [-0.2, 0) is 28.5 Å². The highest BCUT2D eigenvalue weighted by molar-refractivity contribution is 5.79. The van der Waals surface area contributed by atoms with Gasteiger partial charge in [-0.1, -0.05) is 60.2 Å². The van der Waals surface area contributed by atoms with E-state index in [2.05, 4.69) is 56.4 Å². The van der Waals surface area contributed by atoms with E-state index in [4.69, 9.17) is 23.7 Å². The fourth-order valence-corrected chi connectivity index (χ4v) is 8.80. The highest BCUT2D eigenvalue weighted by atomic mass is 16.6. The highest BCUT2D eigenvalue weighted by Crippen LogP contribution is 2.59. The first kappa shape index (κ1) is 32.4. The molecule has 2 aromatic carbocycles. The number of carbonyl (C=O) groups is 2. The maximum atomic E-state index is 13.4. The van der Waals surface area contributed by atoms with Crippen LogP contribution in [-0.4, -0.2) is 68.4 Å². The number of methoxy groups -OCH3 is 1. The van der Waals surface area contributed by atoms with Crippen LogP contribution < -0.4 is 5.32 Å². The Morgan fingerprint density at radius 3 is 2.26 bits per heavy atom. The van der Waals surface area contributed by atoms with Crippen LogP contribution in [0.15, 0.2) is 60.2 Å². The third-order valence-corrected chi connectivity index (χ3v) is 11.6. The number of epoxide rings is 2. The van der Waals surface area contributed by atoms with Crippen molar-refractivity contribution >= 4 is 12.1 Å². The Labute approximate surface area is 278 Å². The largest absolute Gasteiger partial charge is 0.459 e. The van der Waals surface area contributed by atoms with Gasteiger partial charge in [0.2, 0.25) is 0 Å². The average Bonchev–Trinajstić information content (AvgIpc) is 3.97. The molecule has 1 N–H and O–H groups in total. The van der Waals surface area contributed by atoms with Crippen LogP contribution in [0.4, 0.5) is 4.79 Å². The summed E-state index contributed by atoms with van der Waals surface area (Å²) in [6.07, 6.45) is 7.04. The minimum Gasteiger partial charge on any atom is -0.459 e. The van der Waals surface area contributed by atoms with Gasteiger partial charge in [0, 0.05) is 19.6 Å². The van der Waals surface area contributed by atoms with Crippen LogP contribution >= 0.6 is 0 Å². The summed E-state index contributed by atoms with van der Waals surface area (Å²) >= 11 is 0. The van der Waals surface area contributed by atoms with Gasteiger partial charge in [0.1, 0.15) is 30.0 Å². The second-order valence-corrected chi connectivity index (χ2v) is 14.8. The fraction of sp³-hybridized carbons (Fsp3) is 0.590. The van der Waals surface area contributed by atoms with Crippen molar-refractivity contribution < 1.29 is 33.3 Å². The van der Waals surface area contributed by atoms with Crippen LogP contribution in [0.2, 0.25) is 0 Å². The van der Waals surface area contributed by atoms with Crippen LogP contribution in [0.5, 0.6) is 0 Å². The Balaban J connectivity index is 0.872. The minimum atomic E-state index is -0.389. The minimum absolute atomic E-state index is 0.0156. The predicted octanol–water partition coefficient (Wildman–Crippen LogP) is 6.95. The zero-order chi connectivity index (χ0) is 32.8.